The van der Waals surface area contributed by atoms with E-state index in [0.717, 1.165) is 17.1 Å². The molecule has 1 amide bonds. The smallest absolute Gasteiger partial charge is 0.287 e. The van der Waals surface area contributed by atoms with Crippen LogP contribution in [0, 0.1) is 0 Å². The Morgan fingerprint density at radius 2 is 2.21 bits per heavy atom. The number of aromatic nitrogens is 2. The molecule has 6 heteroatoms. The third-order valence-electron chi connectivity index (χ3n) is 3.74. The number of hydrogen-bond acceptors (Lipinski definition) is 4. The second-order valence-electron chi connectivity index (χ2n) is 5.36. The van der Waals surface area contributed by atoms with Gasteiger partial charge in [0.2, 0.25) is 0 Å². The highest BCUT2D eigenvalue weighted by Gasteiger charge is 2.12. The van der Waals surface area contributed by atoms with Crippen LogP contribution in [0.3, 0.4) is 0 Å². The van der Waals surface area contributed by atoms with Crippen LogP contribution in [0.4, 0.5) is 0 Å². The number of aryl methyl sites for hydroxylation is 1. The minimum atomic E-state index is -0.238. The zero-order valence-corrected chi connectivity index (χ0v) is 13.7. The molecule has 124 valence electrons. The number of methoxy groups -OCH3 is 1. The standard InChI is InChI=1S/C18H19N3O3/c1-21-11-10-19-17(21)8-9-20-18(22)16-7-6-15(24-16)13-4-3-5-14(12-13)23-2/h3-7,10-12H,8-9H2,1-2H3,(H,20,22). The van der Waals surface area contributed by atoms with E-state index in [1.54, 1.807) is 25.4 Å². The number of imidazole rings is 1. The monoisotopic (exact) mass is 325 g/mol. The first kappa shape index (κ1) is 15.9. The number of nitrogens with one attached hydrogen (secondary N) is 1. The molecule has 2 aromatic heterocycles. The first-order valence-corrected chi connectivity index (χ1v) is 7.66. The fourth-order valence-electron chi connectivity index (χ4n) is 2.40. The lowest BCUT2D eigenvalue weighted by atomic mass is 10.2. The lowest BCUT2D eigenvalue weighted by molar-refractivity contribution is 0.0927. The van der Waals surface area contributed by atoms with E-state index >= 15 is 0 Å². The zero-order valence-electron chi connectivity index (χ0n) is 13.7. The molecule has 0 aliphatic heterocycles. The number of furan rings is 1. The van der Waals surface area contributed by atoms with Crippen molar-refractivity contribution in [3.05, 3.63) is 60.4 Å². The normalized spacial score (nSPS) is 10.6. The molecule has 0 unspecified atom stereocenters. The molecule has 1 N–H and O–H groups in total. The van der Waals surface area contributed by atoms with Gasteiger partial charge < -0.3 is 19.0 Å². The molecule has 24 heavy (non-hydrogen) atoms. The molecule has 1 aromatic carbocycles. The van der Waals surface area contributed by atoms with Gasteiger partial charge in [0, 0.05) is 38.0 Å². The summed E-state index contributed by atoms with van der Waals surface area (Å²) in [6, 6.07) is 11.0. The third kappa shape index (κ3) is 3.48. The molecule has 0 saturated carbocycles. The summed E-state index contributed by atoms with van der Waals surface area (Å²) in [5.74, 6) is 2.34. The molecule has 0 bridgehead atoms. The Morgan fingerprint density at radius 1 is 1.33 bits per heavy atom. The van der Waals surface area contributed by atoms with E-state index < -0.39 is 0 Å². The van der Waals surface area contributed by atoms with E-state index in [1.807, 2.05) is 42.1 Å². The molecule has 3 aromatic rings. The molecule has 0 fully saturated rings. The van der Waals surface area contributed by atoms with Crippen LogP contribution in [0.5, 0.6) is 5.75 Å². The summed E-state index contributed by atoms with van der Waals surface area (Å²) in [6.07, 6.45) is 4.28. The number of rotatable bonds is 6. The summed E-state index contributed by atoms with van der Waals surface area (Å²) in [7, 11) is 3.54. The predicted molar refractivity (Wildman–Crippen MR) is 89.9 cm³/mol. The summed E-state index contributed by atoms with van der Waals surface area (Å²) in [5, 5.41) is 2.84. The van der Waals surface area contributed by atoms with Crippen LogP contribution >= 0.6 is 0 Å². The van der Waals surface area contributed by atoms with Gasteiger partial charge in [0.15, 0.2) is 5.76 Å². The molecular formula is C18H19N3O3. The predicted octanol–water partition coefficient (Wildman–Crippen LogP) is 2.66. The van der Waals surface area contributed by atoms with Gasteiger partial charge in [0.05, 0.1) is 7.11 Å². The Balaban J connectivity index is 1.62. The van der Waals surface area contributed by atoms with Gasteiger partial charge in [-0.1, -0.05) is 12.1 Å². The average Bonchev–Trinajstić information content (AvgIpc) is 3.24. The highest BCUT2D eigenvalue weighted by atomic mass is 16.5. The van der Waals surface area contributed by atoms with Gasteiger partial charge in [0.25, 0.3) is 5.91 Å². The highest BCUT2D eigenvalue weighted by molar-refractivity contribution is 5.92. The van der Waals surface area contributed by atoms with Gasteiger partial charge >= 0.3 is 0 Å². The average molecular weight is 325 g/mol. The number of nitrogens with zero attached hydrogens (tertiary/aromatic N) is 2. The number of ether oxygens (including phenoxy) is 1. The molecule has 0 atom stereocenters. The van der Waals surface area contributed by atoms with Gasteiger partial charge in [0.1, 0.15) is 17.3 Å². The lowest BCUT2D eigenvalue weighted by Crippen LogP contribution is -2.25. The minimum Gasteiger partial charge on any atom is -0.497 e. The lowest BCUT2D eigenvalue weighted by Gasteiger charge is -2.04. The van der Waals surface area contributed by atoms with Gasteiger partial charge in [-0.3, -0.25) is 4.79 Å². The van der Waals surface area contributed by atoms with Crippen LogP contribution in [0.15, 0.2) is 53.2 Å². The van der Waals surface area contributed by atoms with Gasteiger partial charge in [-0.2, -0.15) is 0 Å². The van der Waals surface area contributed by atoms with Crippen molar-refractivity contribution in [2.24, 2.45) is 7.05 Å². The molecule has 0 saturated heterocycles. The Morgan fingerprint density at radius 3 is 2.96 bits per heavy atom. The second kappa shape index (κ2) is 7.04. The fraction of sp³-hybridized carbons (Fsp3) is 0.222. The zero-order chi connectivity index (χ0) is 16.9. The second-order valence-corrected chi connectivity index (χ2v) is 5.36. The Labute approximate surface area is 140 Å². The van der Waals surface area contributed by atoms with Crippen LogP contribution in [0.1, 0.15) is 16.4 Å². The van der Waals surface area contributed by atoms with Crippen LogP contribution in [-0.2, 0) is 13.5 Å². The van der Waals surface area contributed by atoms with E-state index in [1.165, 1.54) is 0 Å². The maximum absolute atomic E-state index is 12.2. The SMILES string of the molecule is COc1cccc(-c2ccc(C(=O)NCCc3nccn3C)o2)c1. The van der Waals surface area contributed by atoms with E-state index in [0.29, 0.717) is 18.7 Å². The van der Waals surface area contributed by atoms with Crippen molar-refractivity contribution in [1.82, 2.24) is 14.9 Å². The minimum absolute atomic E-state index is 0.238. The maximum Gasteiger partial charge on any atom is 0.287 e. The summed E-state index contributed by atoms with van der Waals surface area (Å²) < 4.78 is 12.8. The molecule has 0 aliphatic rings. The molecule has 0 spiro atoms. The van der Waals surface area contributed by atoms with Crippen LogP contribution in [0.25, 0.3) is 11.3 Å². The van der Waals surface area contributed by atoms with Crippen LogP contribution in [-0.4, -0.2) is 29.1 Å². The van der Waals surface area contributed by atoms with Crippen molar-refractivity contribution in [2.45, 2.75) is 6.42 Å². The number of carbonyl (C=O) groups excluding carboxylic acids is 1. The maximum atomic E-state index is 12.2. The Hall–Kier alpha value is -3.02. The largest absolute Gasteiger partial charge is 0.497 e. The van der Waals surface area contributed by atoms with Crippen molar-refractivity contribution in [3.8, 4) is 17.1 Å². The summed E-state index contributed by atoms with van der Waals surface area (Å²) in [5.41, 5.74) is 0.862. The third-order valence-corrected chi connectivity index (χ3v) is 3.74. The molecule has 2 heterocycles. The molecule has 0 aliphatic carbocycles. The van der Waals surface area contributed by atoms with E-state index in [9.17, 15) is 4.79 Å². The summed E-state index contributed by atoms with van der Waals surface area (Å²) >= 11 is 0. The highest BCUT2D eigenvalue weighted by Crippen LogP contribution is 2.25. The molecular weight excluding hydrogens is 306 g/mol. The van der Waals surface area contributed by atoms with E-state index in [4.69, 9.17) is 9.15 Å². The number of amides is 1. The molecule has 3 rings (SSSR count). The first-order chi connectivity index (χ1) is 11.7. The number of benzene rings is 1. The summed E-state index contributed by atoms with van der Waals surface area (Å²) in [6.45, 7) is 0.499. The Bertz CT molecular complexity index is 835. The van der Waals surface area contributed by atoms with E-state index in [2.05, 4.69) is 10.3 Å². The first-order valence-electron chi connectivity index (χ1n) is 7.66. The Kier molecular flexibility index (Phi) is 4.65. The molecule has 6 nitrogen and oxygen atoms in total. The van der Waals surface area contributed by atoms with Crippen molar-refractivity contribution < 1.29 is 13.9 Å². The van der Waals surface area contributed by atoms with E-state index in [-0.39, 0.29) is 11.7 Å². The number of carbonyl (C=O) groups is 1. The van der Waals surface area contributed by atoms with Crippen molar-refractivity contribution in [3.63, 3.8) is 0 Å². The van der Waals surface area contributed by atoms with Crippen molar-refractivity contribution in [1.29, 1.82) is 0 Å². The van der Waals surface area contributed by atoms with Crippen molar-refractivity contribution >= 4 is 5.91 Å². The van der Waals surface area contributed by atoms with Crippen molar-refractivity contribution in [2.75, 3.05) is 13.7 Å². The molecule has 0 radical (unpaired) electrons. The van der Waals surface area contributed by atoms with Gasteiger partial charge in [-0.05, 0) is 24.3 Å². The van der Waals surface area contributed by atoms with Gasteiger partial charge in [-0.15, -0.1) is 0 Å². The van der Waals surface area contributed by atoms with Gasteiger partial charge in [-0.25, -0.2) is 4.98 Å². The quantitative estimate of drug-likeness (QED) is 0.756. The number of hydrogen-bond donors (Lipinski definition) is 1. The fourth-order valence-corrected chi connectivity index (χ4v) is 2.40. The topological polar surface area (TPSA) is 69.3 Å². The van der Waals surface area contributed by atoms with Crippen LogP contribution < -0.4 is 10.1 Å². The summed E-state index contributed by atoms with van der Waals surface area (Å²) in [4.78, 5) is 16.4. The van der Waals surface area contributed by atoms with Crippen LogP contribution in [0.2, 0.25) is 0 Å².